The molecule has 2 N–H and O–H groups in total. The molecule has 0 spiro atoms. The first kappa shape index (κ1) is 12.7. The Kier molecular flexibility index (Phi) is 3.18. The average Bonchev–Trinajstić information content (AvgIpc) is 2.26. The fraction of sp³-hybridized carbons (Fsp3) is 0.500. The fourth-order valence-electron chi connectivity index (χ4n) is 2.50. The zero-order valence-electron chi connectivity index (χ0n) is 11.1. The van der Waals surface area contributed by atoms with E-state index in [0.29, 0.717) is 11.3 Å². The maximum Gasteiger partial charge on any atom is 0.101 e. The summed E-state index contributed by atoms with van der Waals surface area (Å²) in [4.78, 5) is 2.26. The number of nitrogen functional groups attached to an aromatic ring is 1. The van der Waals surface area contributed by atoms with Gasteiger partial charge in [-0.05, 0) is 39.0 Å². The van der Waals surface area contributed by atoms with E-state index in [0.717, 1.165) is 18.8 Å². The third kappa shape index (κ3) is 2.57. The van der Waals surface area contributed by atoms with Crippen molar-refractivity contribution in [3.05, 3.63) is 23.8 Å². The fourth-order valence-corrected chi connectivity index (χ4v) is 2.50. The van der Waals surface area contributed by atoms with Crippen LogP contribution in [0.25, 0.3) is 0 Å². The summed E-state index contributed by atoms with van der Waals surface area (Å²) in [6, 6.07) is 7.67. The number of ether oxygens (including phenoxy) is 1. The van der Waals surface area contributed by atoms with Crippen LogP contribution in [-0.4, -0.2) is 24.8 Å². The Hall–Kier alpha value is -1.73. The van der Waals surface area contributed by atoms with E-state index < -0.39 is 0 Å². The zero-order valence-corrected chi connectivity index (χ0v) is 11.1. The van der Waals surface area contributed by atoms with Gasteiger partial charge in [0, 0.05) is 18.8 Å². The minimum absolute atomic E-state index is 0.166. The second-order valence-electron chi connectivity index (χ2n) is 5.45. The van der Waals surface area contributed by atoms with Crippen molar-refractivity contribution >= 4 is 11.4 Å². The number of nitrogens with zero attached hydrogens (tertiary/aromatic N) is 2. The highest BCUT2D eigenvalue weighted by molar-refractivity contribution is 5.63. The maximum absolute atomic E-state index is 8.88. The number of nitrogens with two attached hydrogens (primary N) is 1. The molecule has 1 fully saturated rings. The molecule has 0 saturated carbocycles. The van der Waals surface area contributed by atoms with Gasteiger partial charge in [-0.2, -0.15) is 5.26 Å². The summed E-state index contributed by atoms with van der Waals surface area (Å²) in [6.07, 6.45) is 0.186. The van der Waals surface area contributed by atoms with Crippen LogP contribution in [0.15, 0.2) is 18.2 Å². The minimum Gasteiger partial charge on any atom is -0.398 e. The van der Waals surface area contributed by atoms with Crippen molar-refractivity contribution in [2.45, 2.75) is 32.5 Å². The second kappa shape index (κ2) is 4.51. The van der Waals surface area contributed by atoms with Gasteiger partial charge in [-0.15, -0.1) is 0 Å². The highest BCUT2D eigenvalue weighted by atomic mass is 16.5. The Bertz CT molecular complexity index is 490. The van der Waals surface area contributed by atoms with Gasteiger partial charge in [0.25, 0.3) is 0 Å². The van der Waals surface area contributed by atoms with Crippen LogP contribution < -0.4 is 10.6 Å². The number of anilines is 2. The molecule has 1 aliphatic rings. The lowest BCUT2D eigenvalue weighted by molar-refractivity contribution is -0.0749. The van der Waals surface area contributed by atoms with Crippen LogP contribution in [0, 0.1) is 11.3 Å². The lowest BCUT2D eigenvalue weighted by Crippen LogP contribution is -2.52. The van der Waals surface area contributed by atoms with E-state index in [9.17, 15) is 0 Å². The first-order chi connectivity index (χ1) is 8.41. The maximum atomic E-state index is 8.88. The topological polar surface area (TPSA) is 62.3 Å². The molecule has 2 rings (SSSR count). The van der Waals surface area contributed by atoms with E-state index >= 15 is 0 Å². The smallest absolute Gasteiger partial charge is 0.101 e. The van der Waals surface area contributed by atoms with Crippen molar-refractivity contribution in [2.24, 2.45) is 0 Å². The molecule has 18 heavy (non-hydrogen) atoms. The third-order valence-corrected chi connectivity index (χ3v) is 3.09. The van der Waals surface area contributed by atoms with Gasteiger partial charge in [-0.25, -0.2) is 0 Å². The van der Waals surface area contributed by atoms with Gasteiger partial charge < -0.3 is 15.4 Å². The SMILES string of the molecule is CC1CN(c2ccc(C#N)c(N)c2)CC(C)(C)O1. The standard InChI is InChI=1S/C14H19N3O/c1-10-8-17(9-14(2,3)18-10)12-5-4-11(7-15)13(16)6-12/h4-6,10H,8-9,16H2,1-3H3. The molecule has 1 saturated heterocycles. The van der Waals surface area contributed by atoms with Crippen molar-refractivity contribution in [3.8, 4) is 6.07 Å². The summed E-state index contributed by atoms with van der Waals surface area (Å²) in [5.74, 6) is 0. The summed E-state index contributed by atoms with van der Waals surface area (Å²) >= 11 is 0. The lowest BCUT2D eigenvalue weighted by atomic mass is 10.0. The Morgan fingerprint density at radius 3 is 2.78 bits per heavy atom. The predicted octanol–water partition coefficient (Wildman–Crippen LogP) is 2.14. The monoisotopic (exact) mass is 245 g/mol. The van der Waals surface area contributed by atoms with Gasteiger partial charge in [-0.3, -0.25) is 0 Å². The minimum atomic E-state index is -0.166. The molecular formula is C14H19N3O. The first-order valence-corrected chi connectivity index (χ1v) is 6.14. The molecule has 0 radical (unpaired) electrons. The molecular weight excluding hydrogens is 226 g/mol. The van der Waals surface area contributed by atoms with E-state index in [1.54, 1.807) is 6.07 Å². The molecule has 0 aliphatic carbocycles. The van der Waals surface area contributed by atoms with Crippen molar-refractivity contribution in [1.29, 1.82) is 5.26 Å². The summed E-state index contributed by atoms with van der Waals surface area (Å²) in [5, 5.41) is 8.88. The van der Waals surface area contributed by atoms with Crippen LogP contribution in [0.4, 0.5) is 11.4 Å². The van der Waals surface area contributed by atoms with Gasteiger partial charge in [0.2, 0.25) is 0 Å². The van der Waals surface area contributed by atoms with Gasteiger partial charge in [-0.1, -0.05) is 0 Å². The first-order valence-electron chi connectivity index (χ1n) is 6.14. The van der Waals surface area contributed by atoms with E-state index in [-0.39, 0.29) is 11.7 Å². The second-order valence-corrected chi connectivity index (χ2v) is 5.45. The number of hydrogen-bond acceptors (Lipinski definition) is 4. The zero-order chi connectivity index (χ0) is 13.3. The number of morpholine rings is 1. The molecule has 96 valence electrons. The number of hydrogen-bond donors (Lipinski definition) is 1. The Morgan fingerprint density at radius 2 is 2.22 bits per heavy atom. The van der Waals surface area contributed by atoms with Crippen LogP contribution in [-0.2, 0) is 4.74 Å². The quantitative estimate of drug-likeness (QED) is 0.770. The van der Waals surface area contributed by atoms with Crippen molar-refractivity contribution < 1.29 is 4.74 Å². The molecule has 4 nitrogen and oxygen atoms in total. The molecule has 0 amide bonds. The summed E-state index contributed by atoms with van der Waals surface area (Å²) in [7, 11) is 0. The van der Waals surface area contributed by atoms with Crippen LogP contribution in [0.2, 0.25) is 0 Å². The van der Waals surface area contributed by atoms with Gasteiger partial charge in [0.1, 0.15) is 6.07 Å². The molecule has 1 atom stereocenters. The third-order valence-electron chi connectivity index (χ3n) is 3.09. The summed E-state index contributed by atoms with van der Waals surface area (Å²) in [5.41, 5.74) is 7.81. The van der Waals surface area contributed by atoms with E-state index in [2.05, 4.69) is 31.7 Å². The molecule has 1 aromatic rings. The van der Waals surface area contributed by atoms with Gasteiger partial charge in [0.15, 0.2) is 0 Å². The normalized spacial score (nSPS) is 22.6. The van der Waals surface area contributed by atoms with Crippen LogP contribution in [0.1, 0.15) is 26.3 Å². The Balaban J connectivity index is 2.26. The predicted molar refractivity (Wildman–Crippen MR) is 72.4 cm³/mol. The van der Waals surface area contributed by atoms with Gasteiger partial charge >= 0.3 is 0 Å². The summed E-state index contributed by atoms with van der Waals surface area (Å²) in [6.45, 7) is 7.91. The van der Waals surface area contributed by atoms with Crippen LogP contribution >= 0.6 is 0 Å². The van der Waals surface area contributed by atoms with Crippen molar-refractivity contribution in [1.82, 2.24) is 0 Å². The van der Waals surface area contributed by atoms with Crippen LogP contribution in [0.5, 0.6) is 0 Å². The number of nitriles is 1. The molecule has 4 heteroatoms. The van der Waals surface area contributed by atoms with E-state index in [1.165, 1.54) is 0 Å². The van der Waals surface area contributed by atoms with Crippen molar-refractivity contribution in [2.75, 3.05) is 23.7 Å². The largest absolute Gasteiger partial charge is 0.398 e. The average molecular weight is 245 g/mol. The highest BCUT2D eigenvalue weighted by Gasteiger charge is 2.31. The molecule has 0 bridgehead atoms. The Morgan fingerprint density at radius 1 is 1.50 bits per heavy atom. The van der Waals surface area contributed by atoms with Crippen LogP contribution in [0.3, 0.4) is 0 Å². The molecule has 1 heterocycles. The molecule has 1 aliphatic heterocycles. The lowest BCUT2D eigenvalue weighted by Gasteiger charge is -2.43. The number of benzene rings is 1. The van der Waals surface area contributed by atoms with Crippen molar-refractivity contribution in [3.63, 3.8) is 0 Å². The highest BCUT2D eigenvalue weighted by Crippen LogP contribution is 2.28. The molecule has 0 aromatic heterocycles. The summed E-state index contributed by atoms with van der Waals surface area (Å²) < 4.78 is 5.88. The molecule has 1 aromatic carbocycles. The Labute approximate surface area is 108 Å². The van der Waals surface area contributed by atoms with E-state index in [4.69, 9.17) is 15.7 Å². The van der Waals surface area contributed by atoms with Gasteiger partial charge in [0.05, 0.1) is 23.0 Å². The van der Waals surface area contributed by atoms with E-state index in [1.807, 2.05) is 12.1 Å². The molecule has 1 unspecified atom stereocenters. The number of rotatable bonds is 1.